The molecule has 1 atom stereocenters. The maximum Gasteiger partial charge on any atom is 0.123 e. The van der Waals surface area contributed by atoms with Gasteiger partial charge in [0.25, 0.3) is 0 Å². The van der Waals surface area contributed by atoms with Crippen LogP contribution in [0.15, 0.2) is 24.3 Å². The zero-order chi connectivity index (χ0) is 14.7. The molecule has 0 bridgehead atoms. The third-order valence-electron chi connectivity index (χ3n) is 3.61. The van der Waals surface area contributed by atoms with Gasteiger partial charge in [-0.15, -0.1) is 0 Å². The SMILES string of the molecule is CCNCC(C)c1c(C)nn(-c2ccc(F)cc2)c1C. The van der Waals surface area contributed by atoms with Crippen LogP contribution in [-0.4, -0.2) is 22.9 Å². The van der Waals surface area contributed by atoms with Crippen molar-refractivity contribution in [1.82, 2.24) is 15.1 Å². The molecule has 1 unspecified atom stereocenters. The summed E-state index contributed by atoms with van der Waals surface area (Å²) in [5.74, 6) is 0.181. The van der Waals surface area contributed by atoms with E-state index in [0.717, 1.165) is 30.2 Å². The number of rotatable bonds is 5. The number of nitrogens with one attached hydrogen (secondary N) is 1. The zero-order valence-corrected chi connectivity index (χ0v) is 12.6. The first-order valence-corrected chi connectivity index (χ1v) is 7.07. The van der Waals surface area contributed by atoms with Crippen molar-refractivity contribution in [3.05, 3.63) is 47.0 Å². The Bertz CT molecular complexity index is 572. The predicted molar refractivity (Wildman–Crippen MR) is 80.0 cm³/mol. The van der Waals surface area contributed by atoms with E-state index in [9.17, 15) is 4.39 Å². The molecule has 3 nitrogen and oxygen atoms in total. The van der Waals surface area contributed by atoms with Crippen LogP contribution in [0.4, 0.5) is 4.39 Å². The number of hydrogen-bond donors (Lipinski definition) is 1. The highest BCUT2D eigenvalue weighted by molar-refractivity contribution is 5.38. The second-order valence-corrected chi connectivity index (χ2v) is 5.18. The number of nitrogens with zero attached hydrogens (tertiary/aromatic N) is 2. The molecule has 0 saturated heterocycles. The summed E-state index contributed by atoms with van der Waals surface area (Å²) in [7, 11) is 0. The predicted octanol–water partition coefficient (Wildman–Crippen LogP) is 3.34. The summed E-state index contributed by atoms with van der Waals surface area (Å²) in [4.78, 5) is 0. The number of hydrogen-bond acceptors (Lipinski definition) is 2. The van der Waals surface area contributed by atoms with Gasteiger partial charge in [0.05, 0.1) is 11.4 Å². The van der Waals surface area contributed by atoms with Crippen LogP contribution in [0.3, 0.4) is 0 Å². The van der Waals surface area contributed by atoms with E-state index in [1.54, 1.807) is 12.1 Å². The number of halogens is 1. The molecule has 0 fully saturated rings. The maximum atomic E-state index is 13.0. The molecule has 0 aliphatic heterocycles. The van der Waals surface area contributed by atoms with Crippen LogP contribution < -0.4 is 5.32 Å². The molecule has 108 valence electrons. The lowest BCUT2D eigenvalue weighted by Gasteiger charge is -2.13. The minimum Gasteiger partial charge on any atom is -0.316 e. The van der Waals surface area contributed by atoms with Gasteiger partial charge < -0.3 is 5.32 Å². The fourth-order valence-electron chi connectivity index (χ4n) is 2.66. The minimum absolute atomic E-state index is 0.226. The summed E-state index contributed by atoms with van der Waals surface area (Å²) >= 11 is 0. The van der Waals surface area contributed by atoms with Crippen molar-refractivity contribution in [1.29, 1.82) is 0 Å². The van der Waals surface area contributed by atoms with Gasteiger partial charge in [0, 0.05) is 17.8 Å². The molecule has 1 heterocycles. The molecule has 1 N–H and O–H groups in total. The lowest BCUT2D eigenvalue weighted by molar-refractivity contribution is 0.626. The van der Waals surface area contributed by atoms with Crippen molar-refractivity contribution in [2.75, 3.05) is 13.1 Å². The van der Waals surface area contributed by atoms with E-state index in [-0.39, 0.29) is 5.82 Å². The zero-order valence-electron chi connectivity index (χ0n) is 12.6. The molecule has 0 amide bonds. The Labute approximate surface area is 119 Å². The van der Waals surface area contributed by atoms with Gasteiger partial charge in [-0.1, -0.05) is 13.8 Å². The molecule has 0 aliphatic carbocycles. The molecule has 1 aromatic carbocycles. The lowest BCUT2D eigenvalue weighted by atomic mass is 9.99. The van der Waals surface area contributed by atoms with Crippen molar-refractivity contribution >= 4 is 0 Å². The van der Waals surface area contributed by atoms with Crippen molar-refractivity contribution in [2.24, 2.45) is 0 Å². The Balaban J connectivity index is 2.35. The van der Waals surface area contributed by atoms with Gasteiger partial charge in [0.1, 0.15) is 5.82 Å². The van der Waals surface area contributed by atoms with Crippen molar-refractivity contribution in [3.8, 4) is 5.69 Å². The lowest BCUT2D eigenvalue weighted by Crippen LogP contribution is -2.20. The first-order valence-electron chi connectivity index (χ1n) is 7.07. The average Bonchev–Trinajstić information content (AvgIpc) is 2.72. The molecule has 4 heteroatoms. The molecule has 0 radical (unpaired) electrons. The monoisotopic (exact) mass is 275 g/mol. The van der Waals surface area contributed by atoms with Crippen LogP contribution in [0.25, 0.3) is 5.69 Å². The maximum absolute atomic E-state index is 13.0. The van der Waals surface area contributed by atoms with Gasteiger partial charge in [0.2, 0.25) is 0 Å². The van der Waals surface area contributed by atoms with Crippen LogP contribution in [0.1, 0.15) is 36.7 Å². The van der Waals surface area contributed by atoms with Crippen molar-refractivity contribution < 1.29 is 4.39 Å². The summed E-state index contributed by atoms with van der Waals surface area (Å²) in [6.07, 6.45) is 0. The van der Waals surface area contributed by atoms with E-state index < -0.39 is 0 Å². The molecular weight excluding hydrogens is 253 g/mol. The summed E-state index contributed by atoms with van der Waals surface area (Å²) in [5, 5.41) is 7.98. The molecule has 0 saturated carbocycles. The highest BCUT2D eigenvalue weighted by Crippen LogP contribution is 2.25. The fraction of sp³-hybridized carbons (Fsp3) is 0.438. The first kappa shape index (κ1) is 14.7. The Morgan fingerprint density at radius 1 is 1.25 bits per heavy atom. The van der Waals surface area contributed by atoms with E-state index in [2.05, 4.69) is 31.2 Å². The number of likely N-dealkylation sites (N-methyl/N-ethyl adjacent to an activating group) is 1. The highest BCUT2D eigenvalue weighted by atomic mass is 19.1. The largest absolute Gasteiger partial charge is 0.316 e. The smallest absolute Gasteiger partial charge is 0.123 e. The fourth-order valence-corrected chi connectivity index (χ4v) is 2.66. The summed E-state index contributed by atoms with van der Waals surface area (Å²) in [5.41, 5.74) is 4.33. The van der Waals surface area contributed by atoms with Gasteiger partial charge in [-0.25, -0.2) is 9.07 Å². The molecule has 20 heavy (non-hydrogen) atoms. The van der Waals surface area contributed by atoms with E-state index in [0.29, 0.717) is 5.92 Å². The quantitative estimate of drug-likeness (QED) is 0.907. The van der Waals surface area contributed by atoms with Gasteiger partial charge in [-0.3, -0.25) is 0 Å². The van der Waals surface area contributed by atoms with E-state index in [1.807, 2.05) is 11.6 Å². The summed E-state index contributed by atoms with van der Waals surface area (Å²) in [6, 6.07) is 6.45. The van der Waals surface area contributed by atoms with Gasteiger partial charge >= 0.3 is 0 Å². The van der Waals surface area contributed by atoms with Crippen molar-refractivity contribution in [2.45, 2.75) is 33.6 Å². The van der Waals surface area contributed by atoms with Gasteiger partial charge in [-0.2, -0.15) is 5.10 Å². The molecule has 2 aromatic rings. The minimum atomic E-state index is -0.226. The van der Waals surface area contributed by atoms with E-state index in [4.69, 9.17) is 0 Å². The average molecular weight is 275 g/mol. The van der Waals surface area contributed by atoms with Crippen LogP contribution >= 0.6 is 0 Å². The molecule has 1 aromatic heterocycles. The molecule has 0 aliphatic rings. The van der Waals surface area contributed by atoms with Crippen LogP contribution in [0, 0.1) is 19.7 Å². The Morgan fingerprint density at radius 2 is 1.90 bits per heavy atom. The molecule has 2 rings (SSSR count). The van der Waals surface area contributed by atoms with Crippen LogP contribution in [0.5, 0.6) is 0 Å². The third kappa shape index (κ3) is 2.90. The number of aryl methyl sites for hydroxylation is 1. The summed E-state index contributed by atoms with van der Waals surface area (Å²) < 4.78 is 14.9. The highest BCUT2D eigenvalue weighted by Gasteiger charge is 2.17. The standard InChI is InChI=1S/C16H22FN3/c1-5-18-10-11(2)16-12(3)19-20(13(16)4)15-8-6-14(17)7-9-15/h6-9,11,18H,5,10H2,1-4H3. The van der Waals surface area contributed by atoms with Gasteiger partial charge in [-0.05, 0) is 50.6 Å². The molecular formula is C16H22FN3. The van der Waals surface area contributed by atoms with E-state index in [1.165, 1.54) is 17.7 Å². The Morgan fingerprint density at radius 3 is 2.50 bits per heavy atom. The Kier molecular flexibility index (Phi) is 4.55. The van der Waals surface area contributed by atoms with Crippen LogP contribution in [-0.2, 0) is 0 Å². The van der Waals surface area contributed by atoms with Crippen LogP contribution in [0.2, 0.25) is 0 Å². The molecule has 0 spiro atoms. The topological polar surface area (TPSA) is 29.9 Å². The van der Waals surface area contributed by atoms with E-state index >= 15 is 0 Å². The normalized spacial score (nSPS) is 12.7. The Hall–Kier alpha value is -1.68. The first-order chi connectivity index (χ1) is 9.54. The number of benzene rings is 1. The van der Waals surface area contributed by atoms with Crippen molar-refractivity contribution in [3.63, 3.8) is 0 Å². The second kappa shape index (κ2) is 6.18. The second-order valence-electron chi connectivity index (χ2n) is 5.18. The summed E-state index contributed by atoms with van der Waals surface area (Å²) in [6.45, 7) is 10.3. The van der Waals surface area contributed by atoms with Gasteiger partial charge in [0.15, 0.2) is 0 Å². The number of aromatic nitrogens is 2. The third-order valence-corrected chi connectivity index (χ3v) is 3.61.